The minimum atomic E-state index is -1.13. The zero-order valence-electron chi connectivity index (χ0n) is 11.8. The maximum Gasteiger partial charge on any atom is 0.358 e. The molecule has 9 nitrogen and oxygen atoms in total. The Kier molecular flexibility index (Phi) is 4.73. The number of urea groups is 1. The van der Waals surface area contributed by atoms with Crippen LogP contribution in [-0.4, -0.2) is 57.4 Å². The topological polar surface area (TPSA) is 118 Å². The van der Waals surface area contributed by atoms with Crippen LogP contribution in [0.1, 0.15) is 30.3 Å². The van der Waals surface area contributed by atoms with Gasteiger partial charge in [-0.25, -0.2) is 14.3 Å². The second kappa shape index (κ2) is 6.53. The molecule has 9 heteroatoms. The van der Waals surface area contributed by atoms with Gasteiger partial charge in [-0.05, 0) is 19.8 Å². The Hall–Kier alpha value is -2.16. The molecule has 2 amide bonds. The monoisotopic (exact) mass is 297 g/mol. The average Bonchev–Trinajstić information content (AvgIpc) is 3.06. The third-order valence-corrected chi connectivity index (χ3v) is 3.31. The number of hydrogen-bond donors (Lipinski definition) is 3. The van der Waals surface area contributed by atoms with Crippen molar-refractivity contribution in [2.45, 2.75) is 31.9 Å². The number of ether oxygens (including phenoxy) is 1. The molecule has 1 aliphatic rings. The zero-order chi connectivity index (χ0) is 15.3. The molecular weight excluding hydrogens is 278 g/mol. The predicted molar refractivity (Wildman–Crippen MR) is 72.0 cm³/mol. The van der Waals surface area contributed by atoms with Crippen molar-refractivity contribution in [3.63, 3.8) is 0 Å². The third-order valence-electron chi connectivity index (χ3n) is 3.31. The highest BCUT2D eigenvalue weighted by molar-refractivity contribution is 5.84. The normalized spacial score (nSPS) is 21.2. The summed E-state index contributed by atoms with van der Waals surface area (Å²) in [5, 5.41) is 21.3. The van der Waals surface area contributed by atoms with Gasteiger partial charge < -0.3 is 20.5 Å². The van der Waals surface area contributed by atoms with E-state index in [0.717, 1.165) is 19.4 Å². The van der Waals surface area contributed by atoms with Crippen LogP contribution in [0.5, 0.6) is 0 Å². The van der Waals surface area contributed by atoms with Gasteiger partial charge in [0.1, 0.15) is 0 Å². The molecule has 3 N–H and O–H groups in total. The molecule has 0 radical (unpaired) electrons. The Labute approximate surface area is 121 Å². The number of aromatic carboxylic acids is 1. The van der Waals surface area contributed by atoms with E-state index in [-0.39, 0.29) is 17.3 Å². The lowest BCUT2D eigenvalue weighted by atomic mass is 10.0. The Morgan fingerprint density at radius 2 is 2.33 bits per heavy atom. The minimum Gasteiger partial charge on any atom is -0.476 e. The number of carbonyl (C=O) groups excluding carboxylic acids is 1. The summed E-state index contributed by atoms with van der Waals surface area (Å²) >= 11 is 0. The maximum atomic E-state index is 11.6. The zero-order valence-corrected chi connectivity index (χ0v) is 11.8. The lowest BCUT2D eigenvalue weighted by Gasteiger charge is -2.23. The second-order valence-corrected chi connectivity index (χ2v) is 5.18. The van der Waals surface area contributed by atoms with Crippen molar-refractivity contribution < 1.29 is 19.4 Å². The van der Waals surface area contributed by atoms with E-state index in [9.17, 15) is 9.59 Å². The molecule has 0 aromatic carbocycles. The number of hydrogen-bond acceptors (Lipinski definition) is 5. The molecule has 1 aromatic heterocycles. The molecule has 2 rings (SSSR count). The smallest absolute Gasteiger partial charge is 0.358 e. The molecule has 21 heavy (non-hydrogen) atoms. The van der Waals surface area contributed by atoms with Gasteiger partial charge in [-0.15, -0.1) is 5.10 Å². The molecule has 1 atom stereocenters. The van der Waals surface area contributed by atoms with E-state index in [4.69, 9.17) is 9.84 Å². The highest BCUT2D eigenvalue weighted by atomic mass is 16.5. The lowest BCUT2D eigenvalue weighted by molar-refractivity contribution is 0.0229. The summed E-state index contributed by atoms with van der Waals surface area (Å²) in [5.74, 6) is -1.13. The SMILES string of the molecule is CC1(CNC(=O)NCCn2cc(C(=O)O)nn2)CCCO1. The van der Waals surface area contributed by atoms with Crippen LogP contribution in [0.2, 0.25) is 0 Å². The van der Waals surface area contributed by atoms with E-state index < -0.39 is 5.97 Å². The molecule has 0 saturated carbocycles. The summed E-state index contributed by atoms with van der Waals surface area (Å²) in [7, 11) is 0. The van der Waals surface area contributed by atoms with Crippen molar-refractivity contribution >= 4 is 12.0 Å². The first-order valence-corrected chi connectivity index (χ1v) is 6.78. The molecule has 116 valence electrons. The Balaban J connectivity index is 1.65. The fourth-order valence-electron chi connectivity index (χ4n) is 2.10. The number of aromatic nitrogens is 3. The summed E-state index contributed by atoms with van der Waals surface area (Å²) in [6.45, 7) is 3.85. The predicted octanol–water partition coefficient (Wildman–Crippen LogP) is -0.155. The Morgan fingerprint density at radius 3 is 2.95 bits per heavy atom. The summed E-state index contributed by atoms with van der Waals surface area (Å²) in [5.41, 5.74) is -0.398. The van der Waals surface area contributed by atoms with Crippen molar-refractivity contribution in [3.8, 4) is 0 Å². The van der Waals surface area contributed by atoms with E-state index in [0.29, 0.717) is 19.6 Å². The van der Waals surface area contributed by atoms with Crippen LogP contribution in [0.3, 0.4) is 0 Å². The highest BCUT2D eigenvalue weighted by Crippen LogP contribution is 2.23. The number of carboxylic acid groups (broad SMARTS) is 1. The van der Waals surface area contributed by atoms with E-state index in [1.807, 2.05) is 6.92 Å². The molecule has 0 aliphatic carbocycles. The maximum absolute atomic E-state index is 11.6. The van der Waals surface area contributed by atoms with Gasteiger partial charge in [-0.1, -0.05) is 5.21 Å². The van der Waals surface area contributed by atoms with Crippen LogP contribution in [0.25, 0.3) is 0 Å². The minimum absolute atomic E-state index is 0.120. The van der Waals surface area contributed by atoms with E-state index in [2.05, 4.69) is 20.9 Å². The first kappa shape index (κ1) is 15.2. The molecule has 0 spiro atoms. The van der Waals surface area contributed by atoms with Crippen LogP contribution in [0, 0.1) is 0 Å². The Bertz CT molecular complexity index is 510. The van der Waals surface area contributed by atoms with Gasteiger partial charge in [0.2, 0.25) is 0 Å². The van der Waals surface area contributed by atoms with E-state index in [1.54, 1.807) is 0 Å². The first-order chi connectivity index (χ1) is 9.98. The number of rotatable bonds is 6. The molecule has 0 bridgehead atoms. The molecule has 1 unspecified atom stereocenters. The Morgan fingerprint density at radius 1 is 1.52 bits per heavy atom. The van der Waals surface area contributed by atoms with Crippen LogP contribution in [0.4, 0.5) is 4.79 Å². The summed E-state index contributed by atoms with van der Waals surface area (Å²) in [4.78, 5) is 22.3. The number of nitrogens with zero attached hydrogens (tertiary/aromatic N) is 3. The van der Waals surface area contributed by atoms with Crippen LogP contribution < -0.4 is 10.6 Å². The summed E-state index contributed by atoms with van der Waals surface area (Å²) in [6, 6.07) is -0.287. The summed E-state index contributed by atoms with van der Waals surface area (Å²) < 4.78 is 6.94. The van der Waals surface area contributed by atoms with Crippen LogP contribution >= 0.6 is 0 Å². The van der Waals surface area contributed by atoms with Crippen molar-refractivity contribution in [2.75, 3.05) is 19.7 Å². The molecule has 1 fully saturated rings. The molecule has 1 saturated heterocycles. The number of carboxylic acids is 1. The molecular formula is C12H19N5O4. The van der Waals surface area contributed by atoms with Gasteiger partial charge in [-0.2, -0.15) is 0 Å². The van der Waals surface area contributed by atoms with Gasteiger partial charge in [0.05, 0.1) is 18.3 Å². The largest absolute Gasteiger partial charge is 0.476 e. The molecule has 1 aliphatic heterocycles. The second-order valence-electron chi connectivity index (χ2n) is 5.18. The fourth-order valence-corrected chi connectivity index (χ4v) is 2.10. The first-order valence-electron chi connectivity index (χ1n) is 6.78. The van der Waals surface area contributed by atoms with Crippen molar-refractivity contribution in [2.24, 2.45) is 0 Å². The van der Waals surface area contributed by atoms with Crippen LogP contribution in [0.15, 0.2) is 6.20 Å². The van der Waals surface area contributed by atoms with Gasteiger partial charge in [0, 0.05) is 19.7 Å². The van der Waals surface area contributed by atoms with Gasteiger partial charge in [0.25, 0.3) is 0 Å². The van der Waals surface area contributed by atoms with Gasteiger partial charge in [0.15, 0.2) is 5.69 Å². The average molecular weight is 297 g/mol. The van der Waals surface area contributed by atoms with Crippen molar-refractivity contribution in [1.82, 2.24) is 25.6 Å². The standard InChI is InChI=1S/C12H19N5O4/c1-12(3-2-6-21-12)8-14-11(20)13-4-5-17-7-9(10(18)19)15-16-17/h7H,2-6,8H2,1H3,(H,18,19)(H2,13,14,20). The third kappa shape index (κ3) is 4.42. The summed E-state index contributed by atoms with van der Waals surface area (Å²) in [6.07, 6.45) is 3.26. The quantitative estimate of drug-likeness (QED) is 0.671. The van der Waals surface area contributed by atoms with Gasteiger partial charge >= 0.3 is 12.0 Å². The van der Waals surface area contributed by atoms with Gasteiger partial charge in [-0.3, -0.25) is 0 Å². The van der Waals surface area contributed by atoms with Crippen LogP contribution in [-0.2, 0) is 11.3 Å². The molecule has 2 heterocycles. The van der Waals surface area contributed by atoms with Crippen molar-refractivity contribution in [3.05, 3.63) is 11.9 Å². The fraction of sp³-hybridized carbons (Fsp3) is 0.667. The van der Waals surface area contributed by atoms with E-state index in [1.165, 1.54) is 10.9 Å². The number of amides is 2. The number of carbonyl (C=O) groups is 2. The van der Waals surface area contributed by atoms with Crippen molar-refractivity contribution in [1.29, 1.82) is 0 Å². The number of nitrogens with one attached hydrogen (secondary N) is 2. The van der Waals surface area contributed by atoms with E-state index >= 15 is 0 Å². The lowest BCUT2D eigenvalue weighted by Crippen LogP contribution is -2.45. The highest BCUT2D eigenvalue weighted by Gasteiger charge is 2.29. The molecule has 1 aromatic rings.